The molecule has 182 valence electrons. The van der Waals surface area contributed by atoms with Crippen LogP contribution in [0.4, 0.5) is 4.39 Å². The number of aromatic nitrogens is 2. The summed E-state index contributed by atoms with van der Waals surface area (Å²) in [4.78, 5) is 35.1. The number of piperidine rings is 1. The molecule has 3 aromatic rings. The number of halogens is 2. The molecule has 0 aliphatic carbocycles. The molecule has 2 aromatic carbocycles. The molecule has 1 fully saturated rings. The maximum atomic E-state index is 13.1. The van der Waals surface area contributed by atoms with Crippen LogP contribution in [0.1, 0.15) is 47.2 Å². The lowest BCUT2D eigenvalue weighted by Gasteiger charge is -2.34. The molecule has 1 aromatic heterocycles. The standard InChI is InChI=1S/C25H23ClFN3O5/c26-16-4-8-18(9-5-16)35-15-23(31)30-12-2-1-3-22(30)24-28-13-20(25(32)33)21(29-24)14-34-19-10-6-17(27)7-11-19/h4-11,13,22H,1-3,12,14-15H2,(H,32,33)/t22-/m1/s1. The SMILES string of the molecule is O=C(O)c1cnc([C@H]2CCCCN2C(=O)COc2ccc(Cl)cc2)nc1COc1ccc(F)cc1. The van der Waals surface area contributed by atoms with E-state index in [1.54, 1.807) is 29.2 Å². The van der Waals surface area contributed by atoms with Crippen molar-refractivity contribution >= 4 is 23.5 Å². The second-order valence-corrected chi connectivity index (χ2v) is 8.41. The number of amides is 1. The van der Waals surface area contributed by atoms with Crippen molar-refractivity contribution < 1.29 is 28.6 Å². The Kier molecular flexibility index (Phi) is 7.77. The number of nitrogens with zero attached hydrogens (tertiary/aromatic N) is 3. The molecule has 0 unspecified atom stereocenters. The molecular formula is C25H23ClFN3O5. The van der Waals surface area contributed by atoms with Crippen LogP contribution in [-0.2, 0) is 11.4 Å². The largest absolute Gasteiger partial charge is 0.487 e. The van der Waals surface area contributed by atoms with Crippen LogP contribution in [0.2, 0.25) is 5.02 Å². The van der Waals surface area contributed by atoms with Crippen molar-refractivity contribution in [3.8, 4) is 11.5 Å². The number of likely N-dealkylation sites (tertiary alicyclic amines) is 1. The number of hydrogen-bond acceptors (Lipinski definition) is 6. The minimum atomic E-state index is -1.19. The average molecular weight is 500 g/mol. The fourth-order valence-corrected chi connectivity index (χ4v) is 3.95. The lowest BCUT2D eigenvalue weighted by molar-refractivity contribution is -0.137. The van der Waals surface area contributed by atoms with E-state index in [2.05, 4.69) is 9.97 Å². The first kappa shape index (κ1) is 24.4. The zero-order valence-corrected chi connectivity index (χ0v) is 19.4. The molecule has 0 saturated carbocycles. The van der Waals surface area contributed by atoms with Crippen LogP contribution in [0.5, 0.6) is 11.5 Å². The Labute approximate surface area is 206 Å². The molecular weight excluding hydrogens is 477 g/mol. The van der Waals surface area contributed by atoms with Gasteiger partial charge in [0.25, 0.3) is 5.91 Å². The molecule has 1 amide bonds. The summed E-state index contributed by atoms with van der Waals surface area (Å²) >= 11 is 5.88. The molecule has 35 heavy (non-hydrogen) atoms. The van der Waals surface area contributed by atoms with Crippen molar-refractivity contribution in [2.24, 2.45) is 0 Å². The van der Waals surface area contributed by atoms with Gasteiger partial charge in [-0.2, -0.15) is 0 Å². The summed E-state index contributed by atoms with van der Waals surface area (Å²) in [5.74, 6) is -0.584. The maximum absolute atomic E-state index is 13.1. The van der Waals surface area contributed by atoms with E-state index in [-0.39, 0.29) is 30.4 Å². The van der Waals surface area contributed by atoms with Crippen molar-refractivity contribution in [2.45, 2.75) is 31.9 Å². The topological polar surface area (TPSA) is 102 Å². The normalized spacial score (nSPS) is 15.5. The van der Waals surface area contributed by atoms with Gasteiger partial charge in [0.05, 0.1) is 11.7 Å². The molecule has 1 saturated heterocycles. The van der Waals surface area contributed by atoms with Crippen molar-refractivity contribution in [1.82, 2.24) is 14.9 Å². The average Bonchev–Trinajstić information content (AvgIpc) is 2.87. The number of carbonyl (C=O) groups excluding carboxylic acids is 1. The van der Waals surface area contributed by atoms with Crippen molar-refractivity contribution in [1.29, 1.82) is 0 Å². The molecule has 1 atom stereocenters. The van der Waals surface area contributed by atoms with Gasteiger partial charge in [-0.1, -0.05) is 11.6 Å². The Hall–Kier alpha value is -3.72. The highest BCUT2D eigenvalue weighted by molar-refractivity contribution is 6.30. The number of hydrogen-bond donors (Lipinski definition) is 1. The minimum absolute atomic E-state index is 0.101. The van der Waals surface area contributed by atoms with Crippen LogP contribution in [0.25, 0.3) is 0 Å². The number of carbonyl (C=O) groups is 2. The van der Waals surface area contributed by atoms with Gasteiger partial charge >= 0.3 is 5.97 Å². The van der Waals surface area contributed by atoms with Crippen LogP contribution in [-0.4, -0.2) is 45.0 Å². The van der Waals surface area contributed by atoms with Gasteiger partial charge in [0.15, 0.2) is 12.4 Å². The summed E-state index contributed by atoms with van der Waals surface area (Å²) in [5.41, 5.74) is 0.0674. The Morgan fingerprint density at radius 2 is 1.74 bits per heavy atom. The van der Waals surface area contributed by atoms with Crippen LogP contribution in [0.3, 0.4) is 0 Å². The molecule has 1 N–H and O–H groups in total. The predicted octanol–water partition coefficient (Wildman–Crippen LogP) is 4.68. The Morgan fingerprint density at radius 1 is 1.06 bits per heavy atom. The van der Waals surface area contributed by atoms with E-state index in [1.807, 2.05) is 0 Å². The smallest absolute Gasteiger partial charge is 0.339 e. The second-order valence-electron chi connectivity index (χ2n) is 7.98. The van der Waals surface area contributed by atoms with E-state index < -0.39 is 17.8 Å². The Balaban J connectivity index is 1.51. The number of benzene rings is 2. The zero-order valence-electron chi connectivity index (χ0n) is 18.7. The highest BCUT2D eigenvalue weighted by Gasteiger charge is 2.31. The lowest BCUT2D eigenvalue weighted by Crippen LogP contribution is -2.42. The fourth-order valence-electron chi connectivity index (χ4n) is 3.82. The first-order chi connectivity index (χ1) is 16.9. The van der Waals surface area contributed by atoms with E-state index in [0.717, 1.165) is 12.8 Å². The van der Waals surface area contributed by atoms with E-state index in [1.165, 1.54) is 30.5 Å². The summed E-state index contributed by atoms with van der Waals surface area (Å²) in [5, 5.41) is 10.1. The molecule has 4 rings (SSSR count). The van der Waals surface area contributed by atoms with Gasteiger partial charge in [-0.3, -0.25) is 4.79 Å². The first-order valence-electron chi connectivity index (χ1n) is 11.1. The number of carboxylic acid groups (broad SMARTS) is 1. The number of carboxylic acids is 1. The number of rotatable bonds is 8. The molecule has 0 spiro atoms. The summed E-state index contributed by atoms with van der Waals surface area (Å²) in [6.45, 7) is 0.202. The van der Waals surface area contributed by atoms with Gasteiger partial charge in [-0.25, -0.2) is 19.2 Å². The summed E-state index contributed by atoms with van der Waals surface area (Å²) < 4.78 is 24.4. The monoisotopic (exact) mass is 499 g/mol. The summed E-state index contributed by atoms with van der Waals surface area (Å²) in [6.07, 6.45) is 3.57. The fraction of sp³-hybridized carbons (Fsp3) is 0.280. The molecule has 1 aliphatic heterocycles. The molecule has 2 heterocycles. The Morgan fingerprint density at radius 3 is 2.46 bits per heavy atom. The molecule has 1 aliphatic rings. The third kappa shape index (κ3) is 6.24. The van der Waals surface area contributed by atoms with Crippen LogP contribution >= 0.6 is 11.6 Å². The van der Waals surface area contributed by atoms with Crippen molar-refractivity contribution in [3.63, 3.8) is 0 Å². The zero-order chi connectivity index (χ0) is 24.8. The van der Waals surface area contributed by atoms with Gasteiger partial charge < -0.3 is 19.5 Å². The number of ether oxygens (including phenoxy) is 2. The third-order valence-electron chi connectivity index (χ3n) is 5.60. The summed E-state index contributed by atoms with van der Waals surface area (Å²) in [7, 11) is 0. The van der Waals surface area contributed by atoms with Gasteiger partial charge in [0.1, 0.15) is 29.5 Å². The highest BCUT2D eigenvalue weighted by Crippen LogP contribution is 2.30. The van der Waals surface area contributed by atoms with Gasteiger partial charge in [-0.15, -0.1) is 0 Å². The first-order valence-corrected chi connectivity index (χ1v) is 11.4. The third-order valence-corrected chi connectivity index (χ3v) is 5.86. The van der Waals surface area contributed by atoms with E-state index in [4.69, 9.17) is 21.1 Å². The maximum Gasteiger partial charge on any atom is 0.339 e. The minimum Gasteiger partial charge on any atom is -0.487 e. The molecule has 8 nitrogen and oxygen atoms in total. The van der Waals surface area contributed by atoms with Gasteiger partial charge in [0, 0.05) is 17.8 Å². The molecule has 10 heteroatoms. The van der Waals surface area contributed by atoms with Crippen LogP contribution < -0.4 is 9.47 Å². The second kappa shape index (κ2) is 11.1. The van der Waals surface area contributed by atoms with Crippen molar-refractivity contribution in [2.75, 3.05) is 13.2 Å². The van der Waals surface area contributed by atoms with Crippen LogP contribution in [0.15, 0.2) is 54.7 Å². The lowest BCUT2D eigenvalue weighted by atomic mass is 10.0. The van der Waals surface area contributed by atoms with Crippen LogP contribution in [0, 0.1) is 5.82 Å². The summed E-state index contributed by atoms with van der Waals surface area (Å²) in [6, 6.07) is 11.7. The molecule has 0 bridgehead atoms. The molecule has 0 radical (unpaired) electrons. The highest BCUT2D eigenvalue weighted by atomic mass is 35.5. The van der Waals surface area contributed by atoms with Gasteiger partial charge in [0.2, 0.25) is 0 Å². The quantitative estimate of drug-likeness (QED) is 0.480. The van der Waals surface area contributed by atoms with E-state index >= 15 is 0 Å². The number of aromatic carboxylic acids is 1. The van der Waals surface area contributed by atoms with Gasteiger partial charge in [-0.05, 0) is 67.8 Å². The van der Waals surface area contributed by atoms with E-state index in [9.17, 15) is 19.1 Å². The van der Waals surface area contributed by atoms with E-state index in [0.29, 0.717) is 35.3 Å². The Bertz CT molecular complexity index is 1190. The van der Waals surface area contributed by atoms with Crippen molar-refractivity contribution in [3.05, 3.63) is 82.6 Å². The predicted molar refractivity (Wildman–Crippen MR) is 125 cm³/mol.